The van der Waals surface area contributed by atoms with Crippen LogP contribution in [0.5, 0.6) is 5.75 Å². The van der Waals surface area contributed by atoms with Crippen molar-refractivity contribution in [1.29, 1.82) is 0 Å². The molecule has 2 rings (SSSR count). The summed E-state index contributed by atoms with van der Waals surface area (Å²) in [5.41, 5.74) is 6.85. The Kier molecular flexibility index (Phi) is 4.88. The molecule has 0 radical (unpaired) electrons. The van der Waals surface area contributed by atoms with Gasteiger partial charge in [0.05, 0.1) is 7.11 Å². The lowest BCUT2D eigenvalue weighted by molar-refractivity contribution is 0.0575. The maximum absolute atomic E-state index is 11.8. The monoisotopic (exact) mass is 277 g/mol. The van der Waals surface area contributed by atoms with Crippen molar-refractivity contribution in [3.63, 3.8) is 0 Å². The molecule has 1 aliphatic rings. The van der Waals surface area contributed by atoms with Gasteiger partial charge in [-0.2, -0.15) is 0 Å². The molecule has 0 aliphatic heterocycles. The number of ether oxygens (including phenoxy) is 2. The molecule has 2 N–H and O–H groups in total. The standard InChI is InChI=1S/C16H23NO3/c1-3-11-6-4-5-7-14(11)20-15-10-12(17)8-9-13(15)16(18)19-2/h8-11,14H,3-7,17H2,1-2H3. The van der Waals surface area contributed by atoms with Crippen LogP contribution in [0, 0.1) is 5.92 Å². The second kappa shape index (κ2) is 6.64. The molecule has 2 atom stereocenters. The zero-order valence-corrected chi connectivity index (χ0v) is 12.2. The van der Waals surface area contributed by atoms with E-state index in [4.69, 9.17) is 15.2 Å². The van der Waals surface area contributed by atoms with Crippen LogP contribution in [0.1, 0.15) is 49.4 Å². The van der Waals surface area contributed by atoms with Crippen LogP contribution in [0.3, 0.4) is 0 Å². The van der Waals surface area contributed by atoms with E-state index in [1.54, 1.807) is 18.2 Å². The molecule has 1 saturated carbocycles. The quantitative estimate of drug-likeness (QED) is 0.676. The lowest BCUT2D eigenvalue weighted by Crippen LogP contribution is -2.30. The highest BCUT2D eigenvalue weighted by Crippen LogP contribution is 2.32. The number of hydrogen-bond donors (Lipinski definition) is 1. The van der Waals surface area contributed by atoms with E-state index in [2.05, 4.69) is 6.92 Å². The Balaban J connectivity index is 2.22. The van der Waals surface area contributed by atoms with Gasteiger partial charge >= 0.3 is 5.97 Å². The number of nitrogens with two attached hydrogens (primary N) is 1. The number of anilines is 1. The van der Waals surface area contributed by atoms with Gasteiger partial charge in [-0.05, 0) is 43.7 Å². The van der Waals surface area contributed by atoms with Gasteiger partial charge in [0, 0.05) is 11.8 Å². The van der Waals surface area contributed by atoms with Crippen molar-refractivity contribution in [2.75, 3.05) is 12.8 Å². The average Bonchev–Trinajstić information content (AvgIpc) is 2.47. The molecule has 1 fully saturated rings. The highest BCUT2D eigenvalue weighted by Gasteiger charge is 2.27. The lowest BCUT2D eigenvalue weighted by Gasteiger charge is -2.31. The van der Waals surface area contributed by atoms with Crippen molar-refractivity contribution >= 4 is 11.7 Å². The Morgan fingerprint density at radius 1 is 1.35 bits per heavy atom. The summed E-state index contributed by atoms with van der Waals surface area (Å²) in [7, 11) is 1.37. The Hall–Kier alpha value is -1.71. The molecule has 1 aromatic rings. The molecule has 0 spiro atoms. The summed E-state index contributed by atoms with van der Waals surface area (Å²) in [5, 5.41) is 0. The topological polar surface area (TPSA) is 61.5 Å². The van der Waals surface area contributed by atoms with Gasteiger partial charge in [-0.15, -0.1) is 0 Å². The highest BCUT2D eigenvalue weighted by atomic mass is 16.5. The molecule has 1 aromatic carbocycles. The van der Waals surface area contributed by atoms with Gasteiger partial charge in [0.2, 0.25) is 0 Å². The van der Waals surface area contributed by atoms with Crippen molar-refractivity contribution in [2.45, 2.75) is 45.1 Å². The molecule has 4 nitrogen and oxygen atoms in total. The fraction of sp³-hybridized carbons (Fsp3) is 0.562. The number of benzene rings is 1. The third-order valence-electron chi connectivity index (χ3n) is 4.05. The number of nitrogen functional groups attached to an aromatic ring is 1. The minimum Gasteiger partial charge on any atom is -0.489 e. The van der Waals surface area contributed by atoms with E-state index >= 15 is 0 Å². The smallest absolute Gasteiger partial charge is 0.341 e. The fourth-order valence-corrected chi connectivity index (χ4v) is 2.87. The number of methoxy groups -OCH3 is 1. The van der Waals surface area contributed by atoms with Gasteiger partial charge in [-0.25, -0.2) is 4.79 Å². The summed E-state index contributed by atoms with van der Waals surface area (Å²) in [6, 6.07) is 5.07. The first-order valence-corrected chi connectivity index (χ1v) is 7.30. The molecular formula is C16H23NO3. The predicted octanol–water partition coefficient (Wildman–Crippen LogP) is 3.40. The Bertz CT molecular complexity index is 473. The summed E-state index contributed by atoms with van der Waals surface area (Å²) in [6.45, 7) is 2.19. The SMILES string of the molecule is CCC1CCCCC1Oc1cc(N)ccc1C(=O)OC. The summed E-state index contributed by atoms with van der Waals surface area (Å²) in [5.74, 6) is 0.710. The van der Waals surface area contributed by atoms with Crippen molar-refractivity contribution in [1.82, 2.24) is 0 Å². The van der Waals surface area contributed by atoms with Crippen LogP contribution in [-0.4, -0.2) is 19.2 Å². The molecule has 110 valence electrons. The van der Waals surface area contributed by atoms with Crippen molar-refractivity contribution in [2.24, 2.45) is 5.92 Å². The number of hydrogen-bond acceptors (Lipinski definition) is 4. The maximum atomic E-state index is 11.8. The van der Waals surface area contributed by atoms with Gasteiger partial charge in [0.25, 0.3) is 0 Å². The van der Waals surface area contributed by atoms with E-state index in [0.717, 1.165) is 12.8 Å². The second-order valence-electron chi connectivity index (χ2n) is 5.36. The predicted molar refractivity (Wildman–Crippen MR) is 78.9 cm³/mol. The summed E-state index contributed by atoms with van der Waals surface area (Å²) in [4.78, 5) is 11.8. The molecule has 4 heteroatoms. The minimum absolute atomic E-state index is 0.166. The lowest BCUT2D eigenvalue weighted by atomic mass is 9.84. The van der Waals surface area contributed by atoms with Gasteiger partial charge in [-0.3, -0.25) is 0 Å². The van der Waals surface area contributed by atoms with Crippen molar-refractivity contribution < 1.29 is 14.3 Å². The molecule has 0 saturated heterocycles. The first-order chi connectivity index (χ1) is 9.65. The normalized spacial score (nSPS) is 22.3. The number of esters is 1. The Morgan fingerprint density at radius 3 is 2.80 bits per heavy atom. The van der Waals surface area contributed by atoms with Gasteiger partial charge < -0.3 is 15.2 Å². The molecule has 0 heterocycles. The van der Waals surface area contributed by atoms with Crippen LogP contribution < -0.4 is 10.5 Å². The summed E-state index contributed by atoms with van der Waals surface area (Å²) < 4.78 is 10.9. The van der Waals surface area contributed by atoms with Gasteiger partial charge in [0.1, 0.15) is 17.4 Å². The van der Waals surface area contributed by atoms with Crippen molar-refractivity contribution in [3.05, 3.63) is 23.8 Å². The Labute approximate surface area is 120 Å². The van der Waals surface area contributed by atoms with E-state index in [1.807, 2.05) is 0 Å². The molecular weight excluding hydrogens is 254 g/mol. The number of carbonyl (C=O) groups is 1. The molecule has 0 aromatic heterocycles. The third-order valence-corrected chi connectivity index (χ3v) is 4.05. The molecule has 2 unspecified atom stereocenters. The average molecular weight is 277 g/mol. The first kappa shape index (κ1) is 14.7. The van der Waals surface area contributed by atoms with Crippen LogP contribution in [0.25, 0.3) is 0 Å². The summed E-state index contributed by atoms with van der Waals surface area (Å²) in [6.07, 6.45) is 5.93. The van der Waals surface area contributed by atoms with Gasteiger partial charge in [-0.1, -0.05) is 13.3 Å². The highest BCUT2D eigenvalue weighted by molar-refractivity contribution is 5.93. The van der Waals surface area contributed by atoms with E-state index in [9.17, 15) is 4.79 Å². The zero-order valence-electron chi connectivity index (χ0n) is 12.2. The third kappa shape index (κ3) is 3.24. The van der Waals surface area contributed by atoms with Crippen LogP contribution in [0.15, 0.2) is 18.2 Å². The molecule has 0 amide bonds. The van der Waals surface area contributed by atoms with E-state index in [1.165, 1.54) is 26.4 Å². The van der Waals surface area contributed by atoms with Crippen molar-refractivity contribution in [3.8, 4) is 5.75 Å². The summed E-state index contributed by atoms with van der Waals surface area (Å²) >= 11 is 0. The van der Waals surface area contributed by atoms with Crippen LogP contribution in [0.2, 0.25) is 0 Å². The minimum atomic E-state index is -0.385. The van der Waals surface area contributed by atoms with Crippen LogP contribution >= 0.6 is 0 Å². The second-order valence-corrected chi connectivity index (χ2v) is 5.36. The molecule has 0 bridgehead atoms. The Morgan fingerprint density at radius 2 is 2.10 bits per heavy atom. The number of rotatable bonds is 4. The van der Waals surface area contributed by atoms with E-state index < -0.39 is 0 Å². The molecule has 1 aliphatic carbocycles. The number of carbonyl (C=O) groups excluding carboxylic acids is 1. The zero-order chi connectivity index (χ0) is 14.5. The van der Waals surface area contributed by atoms with E-state index in [0.29, 0.717) is 22.9 Å². The first-order valence-electron chi connectivity index (χ1n) is 7.30. The maximum Gasteiger partial charge on any atom is 0.341 e. The van der Waals surface area contributed by atoms with Gasteiger partial charge in [0.15, 0.2) is 0 Å². The largest absolute Gasteiger partial charge is 0.489 e. The van der Waals surface area contributed by atoms with E-state index in [-0.39, 0.29) is 12.1 Å². The van der Waals surface area contributed by atoms with Crippen LogP contribution in [-0.2, 0) is 4.74 Å². The van der Waals surface area contributed by atoms with Crippen LogP contribution in [0.4, 0.5) is 5.69 Å². The fourth-order valence-electron chi connectivity index (χ4n) is 2.87. The molecule has 20 heavy (non-hydrogen) atoms.